The lowest BCUT2D eigenvalue weighted by Crippen LogP contribution is -2.41. The van der Waals surface area contributed by atoms with E-state index in [2.05, 4.69) is 15.5 Å². The molecule has 7 nitrogen and oxygen atoms in total. The van der Waals surface area contributed by atoms with Gasteiger partial charge in [0, 0.05) is 23.7 Å². The molecule has 0 aliphatic heterocycles. The molecule has 1 heterocycles. The molecule has 118 valence electrons. The number of carbonyl (C=O) groups excluding carboxylic acids is 1. The van der Waals surface area contributed by atoms with Crippen molar-refractivity contribution in [2.75, 3.05) is 19.7 Å². The average Bonchev–Trinajstić information content (AvgIpc) is 3.00. The summed E-state index contributed by atoms with van der Waals surface area (Å²) in [7, 11) is 0. The van der Waals surface area contributed by atoms with Gasteiger partial charge < -0.3 is 19.8 Å². The fraction of sp³-hybridized carbons (Fsp3) is 0.357. The molecule has 1 aromatic heterocycles. The first-order valence-electron chi connectivity index (χ1n) is 6.86. The van der Waals surface area contributed by atoms with Gasteiger partial charge in [0.25, 0.3) is 0 Å². The van der Waals surface area contributed by atoms with E-state index in [1.165, 1.54) is 4.90 Å². The third-order valence-electron chi connectivity index (χ3n) is 3.00. The monoisotopic (exact) mass is 324 g/mol. The Balaban J connectivity index is 1.95. The zero-order valence-corrected chi connectivity index (χ0v) is 12.9. The summed E-state index contributed by atoms with van der Waals surface area (Å²) in [6.45, 7) is 2.67. The molecule has 0 spiro atoms. The van der Waals surface area contributed by atoms with Gasteiger partial charge in [-0.3, -0.25) is 0 Å². The van der Waals surface area contributed by atoms with E-state index in [0.717, 1.165) is 5.56 Å². The molecule has 2 rings (SSSR count). The number of aromatic nitrogens is 2. The molecule has 2 aromatic rings. The number of amides is 2. The number of urea groups is 1. The van der Waals surface area contributed by atoms with Crippen LogP contribution >= 0.6 is 11.6 Å². The minimum Gasteiger partial charge on any atom is -0.395 e. The standard InChI is InChI=1S/C14H17ClN4O3/c1-2-19(7-8-20)14(21)16-9-12-17-13(18-22-12)10-3-5-11(15)6-4-10/h3-6,20H,2,7-9H2,1H3,(H,16,21). The van der Waals surface area contributed by atoms with Gasteiger partial charge in [0.05, 0.1) is 13.2 Å². The summed E-state index contributed by atoms with van der Waals surface area (Å²) in [5, 5.41) is 16.0. The van der Waals surface area contributed by atoms with Crippen LogP contribution in [-0.4, -0.2) is 45.9 Å². The summed E-state index contributed by atoms with van der Waals surface area (Å²) in [5.41, 5.74) is 0.779. The van der Waals surface area contributed by atoms with E-state index in [4.69, 9.17) is 21.2 Å². The third kappa shape index (κ3) is 4.19. The predicted octanol–water partition coefficient (Wildman–Crippen LogP) is 1.91. The van der Waals surface area contributed by atoms with Crippen molar-refractivity contribution in [3.05, 3.63) is 35.2 Å². The quantitative estimate of drug-likeness (QED) is 0.847. The Labute approximate surface area is 132 Å². The number of hydrogen-bond donors (Lipinski definition) is 2. The number of benzene rings is 1. The van der Waals surface area contributed by atoms with Crippen LogP contribution < -0.4 is 5.32 Å². The highest BCUT2D eigenvalue weighted by Gasteiger charge is 2.13. The second-order valence-corrected chi connectivity index (χ2v) is 4.92. The number of aliphatic hydroxyl groups is 1. The first-order valence-corrected chi connectivity index (χ1v) is 7.24. The fourth-order valence-electron chi connectivity index (χ4n) is 1.83. The topological polar surface area (TPSA) is 91.5 Å². The van der Waals surface area contributed by atoms with E-state index in [0.29, 0.717) is 23.3 Å². The molecule has 22 heavy (non-hydrogen) atoms. The first kappa shape index (κ1) is 16.3. The fourth-order valence-corrected chi connectivity index (χ4v) is 1.96. The molecule has 0 aliphatic carbocycles. The Hall–Kier alpha value is -2.12. The van der Waals surface area contributed by atoms with Gasteiger partial charge in [-0.25, -0.2) is 4.79 Å². The van der Waals surface area contributed by atoms with Gasteiger partial charge in [-0.2, -0.15) is 4.98 Å². The van der Waals surface area contributed by atoms with Crippen LogP contribution in [0.1, 0.15) is 12.8 Å². The maximum Gasteiger partial charge on any atom is 0.317 e. The van der Waals surface area contributed by atoms with Gasteiger partial charge in [-0.1, -0.05) is 16.8 Å². The summed E-state index contributed by atoms with van der Waals surface area (Å²) in [5.74, 6) is 0.738. The van der Waals surface area contributed by atoms with Crippen LogP contribution in [-0.2, 0) is 6.54 Å². The molecule has 0 unspecified atom stereocenters. The first-order chi connectivity index (χ1) is 10.6. The van der Waals surface area contributed by atoms with Crippen molar-refractivity contribution in [2.24, 2.45) is 0 Å². The van der Waals surface area contributed by atoms with Crippen LogP contribution in [0.25, 0.3) is 11.4 Å². The van der Waals surface area contributed by atoms with Crippen molar-refractivity contribution in [2.45, 2.75) is 13.5 Å². The smallest absolute Gasteiger partial charge is 0.317 e. The van der Waals surface area contributed by atoms with Crippen LogP contribution in [0.5, 0.6) is 0 Å². The van der Waals surface area contributed by atoms with E-state index < -0.39 is 0 Å². The highest BCUT2D eigenvalue weighted by molar-refractivity contribution is 6.30. The highest BCUT2D eigenvalue weighted by atomic mass is 35.5. The Kier molecular flexibility index (Phi) is 5.74. The predicted molar refractivity (Wildman–Crippen MR) is 81.3 cm³/mol. The average molecular weight is 325 g/mol. The van der Waals surface area contributed by atoms with Crippen LogP contribution in [0.4, 0.5) is 4.79 Å². The van der Waals surface area contributed by atoms with Crippen molar-refractivity contribution in [3.8, 4) is 11.4 Å². The zero-order chi connectivity index (χ0) is 15.9. The molecule has 2 amide bonds. The highest BCUT2D eigenvalue weighted by Crippen LogP contribution is 2.18. The Bertz CT molecular complexity index is 615. The number of hydrogen-bond acceptors (Lipinski definition) is 5. The van der Waals surface area contributed by atoms with Crippen LogP contribution in [0.3, 0.4) is 0 Å². The number of halogens is 1. The number of likely N-dealkylation sites (N-methyl/N-ethyl adjacent to an activating group) is 1. The number of nitrogens with one attached hydrogen (secondary N) is 1. The second-order valence-electron chi connectivity index (χ2n) is 4.48. The second kappa shape index (κ2) is 7.77. The van der Waals surface area contributed by atoms with Crippen LogP contribution in [0.2, 0.25) is 5.02 Å². The maximum atomic E-state index is 11.9. The molecule has 0 saturated heterocycles. The van der Waals surface area contributed by atoms with Gasteiger partial charge in [0.1, 0.15) is 0 Å². The lowest BCUT2D eigenvalue weighted by atomic mass is 10.2. The molecule has 0 atom stereocenters. The molecule has 0 saturated carbocycles. The number of aliphatic hydroxyl groups excluding tert-OH is 1. The van der Waals surface area contributed by atoms with Gasteiger partial charge in [-0.05, 0) is 31.2 Å². The number of carbonyl (C=O) groups is 1. The van der Waals surface area contributed by atoms with Gasteiger partial charge in [0.15, 0.2) is 0 Å². The lowest BCUT2D eigenvalue weighted by Gasteiger charge is -2.19. The van der Waals surface area contributed by atoms with Crippen LogP contribution in [0.15, 0.2) is 28.8 Å². The Morgan fingerprint density at radius 2 is 2.14 bits per heavy atom. The SMILES string of the molecule is CCN(CCO)C(=O)NCc1nc(-c2ccc(Cl)cc2)no1. The van der Waals surface area contributed by atoms with Crippen molar-refractivity contribution in [1.29, 1.82) is 0 Å². The Morgan fingerprint density at radius 1 is 1.41 bits per heavy atom. The van der Waals surface area contributed by atoms with Gasteiger partial charge in [-0.15, -0.1) is 0 Å². The van der Waals surface area contributed by atoms with Crippen molar-refractivity contribution in [3.63, 3.8) is 0 Å². The molecule has 0 bridgehead atoms. The Morgan fingerprint density at radius 3 is 2.77 bits per heavy atom. The van der Waals surface area contributed by atoms with Gasteiger partial charge in [0.2, 0.25) is 11.7 Å². The summed E-state index contributed by atoms with van der Waals surface area (Å²) in [6, 6.07) is 6.76. The van der Waals surface area contributed by atoms with E-state index >= 15 is 0 Å². The summed E-state index contributed by atoms with van der Waals surface area (Å²) in [6.07, 6.45) is 0. The molecule has 8 heteroatoms. The number of rotatable bonds is 6. The van der Waals surface area contributed by atoms with E-state index in [9.17, 15) is 4.79 Å². The van der Waals surface area contributed by atoms with Crippen LogP contribution in [0, 0.1) is 0 Å². The van der Waals surface area contributed by atoms with E-state index in [1.807, 2.05) is 6.92 Å². The molecular weight excluding hydrogens is 308 g/mol. The summed E-state index contributed by atoms with van der Waals surface area (Å²) < 4.78 is 5.10. The molecule has 0 aliphatic rings. The van der Waals surface area contributed by atoms with Gasteiger partial charge >= 0.3 is 6.03 Å². The van der Waals surface area contributed by atoms with Crippen molar-refractivity contribution >= 4 is 17.6 Å². The summed E-state index contributed by atoms with van der Waals surface area (Å²) in [4.78, 5) is 17.5. The molecule has 0 radical (unpaired) electrons. The van der Waals surface area contributed by atoms with E-state index in [-0.39, 0.29) is 25.7 Å². The summed E-state index contributed by atoms with van der Waals surface area (Å²) >= 11 is 5.82. The zero-order valence-electron chi connectivity index (χ0n) is 12.1. The third-order valence-corrected chi connectivity index (χ3v) is 3.25. The largest absolute Gasteiger partial charge is 0.395 e. The minimum atomic E-state index is -0.289. The van der Waals surface area contributed by atoms with E-state index in [1.54, 1.807) is 24.3 Å². The number of nitrogens with zero attached hydrogens (tertiary/aromatic N) is 3. The van der Waals surface area contributed by atoms with Crippen molar-refractivity contribution < 1.29 is 14.4 Å². The molecule has 0 fully saturated rings. The molecule has 1 aromatic carbocycles. The lowest BCUT2D eigenvalue weighted by molar-refractivity contribution is 0.179. The minimum absolute atomic E-state index is 0.0808. The molecular formula is C14H17ClN4O3. The maximum absolute atomic E-state index is 11.9. The normalized spacial score (nSPS) is 10.5. The van der Waals surface area contributed by atoms with Crippen molar-refractivity contribution in [1.82, 2.24) is 20.4 Å². The molecule has 2 N–H and O–H groups in total.